The van der Waals surface area contributed by atoms with E-state index in [1.165, 1.54) is 231 Å². The van der Waals surface area contributed by atoms with Crippen molar-refractivity contribution < 1.29 is 49.3 Å². The molecular formula is C71H133NO10. The van der Waals surface area contributed by atoms with Gasteiger partial charge in [-0.3, -0.25) is 9.59 Å². The van der Waals surface area contributed by atoms with Crippen molar-refractivity contribution in [3.63, 3.8) is 0 Å². The molecule has 1 heterocycles. The molecule has 82 heavy (non-hydrogen) atoms. The van der Waals surface area contributed by atoms with Gasteiger partial charge in [0.05, 0.1) is 25.4 Å². The Hall–Kier alpha value is -2.12. The summed E-state index contributed by atoms with van der Waals surface area (Å²) >= 11 is 0. The third-order valence-electron chi connectivity index (χ3n) is 16.8. The van der Waals surface area contributed by atoms with Gasteiger partial charge in [-0.2, -0.15) is 0 Å². The summed E-state index contributed by atoms with van der Waals surface area (Å²) in [6.45, 7) is 5.82. The molecule has 0 aliphatic carbocycles. The average Bonchev–Trinajstić information content (AvgIpc) is 3.44. The van der Waals surface area contributed by atoms with E-state index in [1.807, 2.05) is 6.08 Å². The number of aliphatic hydroxyl groups is 5. The van der Waals surface area contributed by atoms with Gasteiger partial charge in [-0.15, -0.1) is 0 Å². The second-order valence-corrected chi connectivity index (χ2v) is 24.6. The van der Waals surface area contributed by atoms with Gasteiger partial charge in [-0.25, -0.2) is 0 Å². The zero-order chi connectivity index (χ0) is 59.6. The Morgan fingerprint density at radius 3 is 1.27 bits per heavy atom. The van der Waals surface area contributed by atoms with Gasteiger partial charge in [0.15, 0.2) is 12.4 Å². The Kier molecular flexibility index (Phi) is 56.3. The van der Waals surface area contributed by atoms with Crippen molar-refractivity contribution in [1.29, 1.82) is 0 Å². The predicted octanol–water partition coefficient (Wildman–Crippen LogP) is 17.8. The van der Waals surface area contributed by atoms with E-state index >= 15 is 0 Å². The zero-order valence-corrected chi connectivity index (χ0v) is 53.6. The highest BCUT2D eigenvalue weighted by molar-refractivity contribution is 5.80. The lowest BCUT2D eigenvalue weighted by atomic mass is 9.99. The van der Waals surface area contributed by atoms with Crippen molar-refractivity contribution in [2.75, 3.05) is 13.2 Å². The van der Waals surface area contributed by atoms with Crippen molar-refractivity contribution >= 4 is 11.9 Å². The number of hydrogen-bond acceptors (Lipinski definition) is 10. The molecule has 1 aliphatic heterocycles. The van der Waals surface area contributed by atoms with Crippen LogP contribution in [0.3, 0.4) is 0 Å². The van der Waals surface area contributed by atoms with Crippen LogP contribution in [0.2, 0.25) is 0 Å². The molecule has 1 aliphatic rings. The van der Waals surface area contributed by atoms with E-state index in [0.29, 0.717) is 19.3 Å². The maximum absolute atomic E-state index is 13.5. The second-order valence-electron chi connectivity index (χ2n) is 24.6. The number of esters is 1. The number of nitrogens with one attached hydrogen (secondary N) is 1. The Morgan fingerprint density at radius 2 is 0.841 bits per heavy atom. The molecule has 1 saturated heterocycles. The van der Waals surface area contributed by atoms with Crippen LogP contribution in [0.5, 0.6) is 0 Å². The van der Waals surface area contributed by atoms with Crippen molar-refractivity contribution in [1.82, 2.24) is 5.32 Å². The van der Waals surface area contributed by atoms with E-state index in [9.17, 15) is 35.1 Å². The average molecular weight is 1160 g/mol. The first-order chi connectivity index (χ1) is 40.2. The first kappa shape index (κ1) is 77.9. The van der Waals surface area contributed by atoms with Crippen LogP contribution in [-0.4, -0.2) is 99.6 Å². The molecule has 11 nitrogen and oxygen atoms in total. The Morgan fingerprint density at radius 1 is 0.476 bits per heavy atom. The molecule has 0 spiro atoms. The molecule has 11 heteroatoms. The molecule has 0 aromatic heterocycles. The van der Waals surface area contributed by atoms with Gasteiger partial charge in [0, 0.05) is 6.42 Å². The first-order valence-corrected chi connectivity index (χ1v) is 35.3. The lowest BCUT2D eigenvalue weighted by molar-refractivity contribution is -0.305. The lowest BCUT2D eigenvalue weighted by Gasteiger charge is -2.41. The first-order valence-electron chi connectivity index (χ1n) is 35.3. The SMILES string of the molecule is CCCCC/C=C\C/C=C\CCCCCCCCCCCCCCCC(=O)OC1C(OCC(NC(=O)C(O)CCCCCCCCCCCCCCCCCCCC)C(O)/C=C/CCCCCCCCCCCC)OC(CO)C(O)C1O. The molecule has 0 bridgehead atoms. The molecule has 0 aromatic rings. The minimum atomic E-state index is -1.61. The van der Waals surface area contributed by atoms with Gasteiger partial charge in [0.1, 0.15) is 24.4 Å². The summed E-state index contributed by atoms with van der Waals surface area (Å²) in [5.41, 5.74) is 0. The topological polar surface area (TPSA) is 175 Å². The summed E-state index contributed by atoms with van der Waals surface area (Å²) in [4.78, 5) is 26.7. The van der Waals surface area contributed by atoms with Crippen LogP contribution in [0, 0.1) is 0 Å². The van der Waals surface area contributed by atoms with Crippen LogP contribution in [0.4, 0.5) is 0 Å². The number of carbonyl (C=O) groups is 2. The number of ether oxygens (including phenoxy) is 3. The van der Waals surface area contributed by atoms with Crippen LogP contribution in [0.15, 0.2) is 36.5 Å². The second kappa shape index (κ2) is 59.2. The largest absolute Gasteiger partial charge is 0.454 e. The molecule has 482 valence electrons. The molecule has 6 N–H and O–H groups in total. The molecule has 0 aromatic carbocycles. The molecule has 8 atom stereocenters. The van der Waals surface area contributed by atoms with Crippen molar-refractivity contribution in [2.24, 2.45) is 0 Å². The molecule has 1 amide bonds. The highest BCUT2D eigenvalue weighted by Gasteiger charge is 2.47. The number of hydrogen-bond donors (Lipinski definition) is 6. The minimum Gasteiger partial charge on any atom is -0.454 e. The van der Waals surface area contributed by atoms with Crippen molar-refractivity contribution in [2.45, 2.75) is 391 Å². The molecule has 0 saturated carbocycles. The minimum absolute atomic E-state index is 0.126. The normalized spacial score (nSPS) is 18.8. The fourth-order valence-corrected chi connectivity index (χ4v) is 11.2. The van der Waals surface area contributed by atoms with Gasteiger partial charge in [-0.05, 0) is 57.8 Å². The number of carbonyl (C=O) groups excluding carboxylic acids is 2. The predicted molar refractivity (Wildman–Crippen MR) is 343 cm³/mol. The number of rotatable bonds is 61. The zero-order valence-electron chi connectivity index (χ0n) is 53.6. The quantitative estimate of drug-likeness (QED) is 0.0195. The molecule has 1 fully saturated rings. The number of allylic oxidation sites excluding steroid dienone is 5. The van der Waals surface area contributed by atoms with Crippen LogP contribution < -0.4 is 5.32 Å². The third kappa shape index (κ3) is 46.1. The van der Waals surface area contributed by atoms with Crippen LogP contribution in [0.1, 0.15) is 342 Å². The fourth-order valence-electron chi connectivity index (χ4n) is 11.2. The molecule has 1 rings (SSSR count). The standard InChI is InChI=1S/C71H133NO10/c1-4-7-10-13-16-19-22-25-27-29-31-32-33-34-35-37-39-41-44-47-50-53-56-59-66(76)82-69-68(78)67(77)65(60-73)81-71(69)80-61-62(63(74)57-54-51-48-45-42-24-21-18-15-12-9-6-3)72-70(79)64(75)58-55-52-49-46-43-40-38-36-30-28-26-23-20-17-14-11-8-5-2/h16,19,25,27,54,57,62-65,67-69,71,73-75,77-78H,4-15,17-18,20-24,26,28-53,55-56,58-61H2,1-3H3,(H,72,79)/b19-16-,27-25-,57-54+. The Labute approximate surface area is 504 Å². The molecular weight excluding hydrogens is 1030 g/mol. The summed E-state index contributed by atoms with van der Waals surface area (Å²) in [6, 6.07) is -1.02. The maximum Gasteiger partial charge on any atom is 0.306 e. The van der Waals surface area contributed by atoms with Crippen LogP contribution in [-0.2, 0) is 23.8 Å². The Bertz CT molecular complexity index is 1470. The van der Waals surface area contributed by atoms with Crippen LogP contribution >= 0.6 is 0 Å². The van der Waals surface area contributed by atoms with Crippen LogP contribution in [0.25, 0.3) is 0 Å². The lowest BCUT2D eigenvalue weighted by Crippen LogP contribution is -2.61. The summed E-state index contributed by atoms with van der Waals surface area (Å²) in [5.74, 6) is -1.18. The summed E-state index contributed by atoms with van der Waals surface area (Å²) in [5, 5.41) is 57.2. The van der Waals surface area contributed by atoms with E-state index in [1.54, 1.807) is 6.08 Å². The highest BCUT2D eigenvalue weighted by Crippen LogP contribution is 2.26. The van der Waals surface area contributed by atoms with Crippen molar-refractivity contribution in [3.8, 4) is 0 Å². The highest BCUT2D eigenvalue weighted by atomic mass is 16.7. The number of aliphatic hydroxyl groups excluding tert-OH is 5. The monoisotopic (exact) mass is 1160 g/mol. The fraction of sp³-hybridized carbons (Fsp3) is 0.887. The van der Waals surface area contributed by atoms with E-state index in [2.05, 4.69) is 50.4 Å². The maximum atomic E-state index is 13.5. The third-order valence-corrected chi connectivity index (χ3v) is 16.8. The molecule has 0 radical (unpaired) electrons. The van der Waals surface area contributed by atoms with Gasteiger partial charge >= 0.3 is 5.97 Å². The summed E-state index contributed by atoms with van der Waals surface area (Å²) < 4.78 is 17.7. The van der Waals surface area contributed by atoms with E-state index in [0.717, 1.165) is 64.2 Å². The number of amides is 1. The van der Waals surface area contributed by atoms with E-state index < -0.39 is 67.4 Å². The molecule has 8 unspecified atom stereocenters. The van der Waals surface area contributed by atoms with Gasteiger partial charge < -0.3 is 45.1 Å². The summed E-state index contributed by atoms with van der Waals surface area (Å²) in [6.07, 6.45) is 61.8. The van der Waals surface area contributed by atoms with E-state index in [4.69, 9.17) is 14.2 Å². The van der Waals surface area contributed by atoms with Crippen molar-refractivity contribution in [3.05, 3.63) is 36.5 Å². The van der Waals surface area contributed by atoms with Gasteiger partial charge in [0.2, 0.25) is 5.91 Å². The smallest absolute Gasteiger partial charge is 0.306 e. The van der Waals surface area contributed by atoms with Gasteiger partial charge in [-0.1, -0.05) is 314 Å². The van der Waals surface area contributed by atoms with Gasteiger partial charge in [0.25, 0.3) is 0 Å². The summed E-state index contributed by atoms with van der Waals surface area (Å²) in [7, 11) is 0. The number of unbranched alkanes of at least 4 members (excludes halogenated alkanes) is 43. The van der Waals surface area contributed by atoms with E-state index in [-0.39, 0.29) is 13.0 Å². The Balaban J connectivity index is 2.57.